The quantitative estimate of drug-likeness (QED) is 0.204. The molecule has 42 heavy (non-hydrogen) atoms. The number of hydrogen-bond donors (Lipinski definition) is 0. The van der Waals surface area contributed by atoms with Gasteiger partial charge < -0.3 is 4.90 Å². The number of benzene rings is 5. The molecule has 1 nitrogen and oxygen atoms in total. The van der Waals surface area contributed by atoms with Crippen LogP contribution in [-0.2, 0) is 5.41 Å². The molecular weight excluding hydrogens is 513 g/mol. The summed E-state index contributed by atoms with van der Waals surface area (Å²) in [7, 11) is 0. The van der Waals surface area contributed by atoms with Crippen molar-refractivity contribution in [3.8, 4) is 22.3 Å². The zero-order valence-corrected chi connectivity index (χ0v) is 23.9. The molecule has 0 aliphatic heterocycles. The summed E-state index contributed by atoms with van der Waals surface area (Å²) in [5.41, 5.74) is 9.85. The van der Waals surface area contributed by atoms with E-state index >= 15 is 0 Å². The van der Waals surface area contributed by atoms with Gasteiger partial charge in [-0.05, 0) is 138 Å². The van der Waals surface area contributed by atoms with Crippen LogP contribution in [0.2, 0.25) is 0 Å². The fourth-order valence-electron chi connectivity index (χ4n) is 8.75. The van der Waals surface area contributed by atoms with Crippen LogP contribution in [0.5, 0.6) is 0 Å². The van der Waals surface area contributed by atoms with E-state index in [-0.39, 0.29) is 5.82 Å². The zero-order valence-electron chi connectivity index (χ0n) is 23.9. The normalized spacial score (nSPS) is 24.1. The third-order valence-electron chi connectivity index (χ3n) is 10.3. The van der Waals surface area contributed by atoms with Gasteiger partial charge >= 0.3 is 0 Å². The third-order valence-corrected chi connectivity index (χ3v) is 10.3. The summed E-state index contributed by atoms with van der Waals surface area (Å²) in [6, 6.07) is 44.1. The SMILES string of the molecule is Fc1ccc(N(c2ccc(-c3ccccc3)cc2)c2ccc(-c3ccc(C45CC6CC(CC(C6)C4)C5)cc3)cc2)cc1. The van der Waals surface area contributed by atoms with Crippen LogP contribution in [0, 0.1) is 23.6 Å². The van der Waals surface area contributed by atoms with Gasteiger partial charge in [-0.2, -0.15) is 0 Å². The van der Waals surface area contributed by atoms with Gasteiger partial charge in [0.15, 0.2) is 0 Å². The van der Waals surface area contributed by atoms with Crippen LogP contribution in [0.3, 0.4) is 0 Å². The Balaban J connectivity index is 1.08. The van der Waals surface area contributed by atoms with Gasteiger partial charge in [0.1, 0.15) is 5.82 Å². The zero-order chi connectivity index (χ0) is 28.1. The van der Waals surface area contributed by atoms with Gasteiger partial charge in [-0.25, -0.2) is 4.39 Å². The fourth-order valence-corrected chi connectivity index (χ4v) is 8.75. The lowest BCUT2D eigenvalue weighted by atomic mass is 9.48. The lowest BCUT2D eigenvalue weighted by Crippen LogP contribution is -2.48. The van der Waals surface area contributed by atoms with Crippen molar-refractivity contribution in [2.24, 2.45) is 17.8 Å². The molecule has 4 fully saturated rings. The second-order valence-electron chi connectivity index (χ2n) is 13.0. The number of anilines is 3. The van der Waals surface area contributed by atoms with Crippen molar-refractivity contribution in [3.63, 3.8) is 0 Å². The number of halogens is 1. The summed E-state index contributed by atoms with van der Waals surface area (Å²) in [4.78, 5) is 2.19. The molecule has 4 aliphatic carbocycles. The second-order valence-corrected chi connectivity index (χ2v) is 13.0. The predicted octanol–water partition coefficient (Wildman–Crippen LogP) is 11.1. The molecule has 0 atom stereocenters. The monoisotopic (exact) mass is 549 g/mol. The maximum Gasteiger partial charge on any atom is 0.123 e. The lowest BCUT2D eigenvalue weighted by Gasteiger charge is -2.57. The molecule has 208 valence electrons. The van der Waals surface area contributed by atoms with E-state index in [4.69, 9.17) is 0 Å². The molecular formula is C40H36FN. The molecule has 0 amide bonds. The van der Waals surface area contributed by atoms with Gasteiger partial charge in [-0.15, -0.1) is 0 Å². The minimum absolute atomic E-state index is 0.231. The van der Waals surface area contributed by atoms with Crippen LogP contribution in [0.15, 0.2) is 127 Å². The molecule has 5 aromatic carbocycles. The van der Waals surface area contributed by atoms with E-state index in [2.05, 4.69) is 102 Å². The van der Waals surface area contributed by atoms with Crippen LogP contribution in [-0.4, -0.2) is 0 Å². The van der Waals surface area contributed by atoms with Crippen LogP contribution in [0.4, 0.5) is 21.5 Å². The molecule has 9 rings (SSSR count). The molecule has 0 radical (unpaired) electrons. The van der Waals surface area contributed by atoms with Crippen molar-refractivity contribution >= 4 is 17.1 Å². The number of hydrogen-bond acceptors (Lipinski definition) is 1. The van der Waals surface area contributed by atoms with Crippen LogP contribution < -0.4 is 4.90 Å². The third kappa shape index (κ3) is 4.64. The minimum Gasteiger partial charge on any atom is -0.311 e. The Bertz CT molecular complexity index is 1630. The van der Waals surface area contributed by atoms with Crippen molar-refractivity contribution in [2.45, 2.75) is 43.9 Å². The van der Waals surface area contributed by atoms with Gasteiger partial charge in [0.25, 0.3) is 0 Å². The highest BCUT2D eigenvalue weighted by molar-refractivity contribution is 5.79. The van der Waals surface area contributed by atoms with Crippen molar-refractivity contribution < 1.29 is 4.39 Å². The van der Waals surface area contributed by atoms with Crippen molar-refractivity contribution in [3.05, 3.63) is 139 Å². The summed E-state index contributed by atoms with van der Waals surface area (Å²) in [6.45, 7) is 0. The van der Waals surface area contributed by atoms with Crippen LogP contribution in [0.25, 0.3) is 22.3 Å². The first kappa shape index (κ1) is 25.5. The molecule has 5 aromatic rings. The van der Waals surface area contributed by atoms with Crippen molar-refractivity contribution in [1.29, 1.82) is 0 Å². The summed E-state index contributed by atoms with van der Waals surface area (Å²) < 4.78 is 13.9. The molecule has 2 heteroatoms. The molecule has 4 aliphatic rings. The summed E-state index contributed by atoms with van der Waals surface area (Å²) in [5, 5.41) is 0. The highest BCUT2D eigenvalue weighted by Gasteiger charge is 2.51. The Morgan fingerprint density at radius 1 is 0.452 bits per heavy atom. The van der Waals surface area contributed by atoms with Gasteiger partial charge in [0.2, 0.25) is 0 Å². The van der Waals surface area contributed by atoms with E-state index in [1.165, 1.54) is 72.9 Å². The average Bonchev–Trinajstić information content (AvgIpc) is 3.03. The molecule has 0 unspecified atom stereocenters. The maximum absolute atomic E-state index is 13.9. The molecule has 0 saturated heterocycles. The van der Waals surface area contributed by atoms with E-state index in [9.17, 15) is 4.39 Å². The first-order chi connectivity index (χ1) is 20.6. The Hall–Kier alpha value is -4.17. The Kier molecular flexibility index (Phi) is 6.25. The first-order valence-corrected chi connectivity index (χ1v) is 15.5. The van der Waals surface area contributed by atoms with Crippen LogP contribution >= 0.6 is 0 Å². The van der Waals surface area contributed by atoms with E-state index in [1.807, 2.05) is 18.2 Å². The minimum atomic E-state index is -0.231. The summed E-state index contributed by atoms with van der Waals surface area (Å²) in [5.74, 6) is 2.65. The standard InChI is InChI=1S/C40H36FN/c41-36-14-20-39(21-15-36)42(37-16-8-33(9-17-37)31-4-2-1-3-5-31)38-18-10-34(11-19-38)32-6-12-35(13-7-32)40-25-28-22-29(26-40)24-30(23-28)27-40/h1-21,28-30H,22-27H2. The highest BCUT2D eigenvalue weighted by Crippen LogP contribution is 2.60. The molecule has 0 N–H and O–H groups in total. The summed E-state index contributed by atoms with van der Waals surface area (Å²) in [6.07, 6.45) is 8.65. The summed E-state index contributed by atoms with van der Waals surface area (Å²) >= 11 is 0. The molecule has 0 heterocycles. The Morgan fingerprint density at radius 2 is 0.833 bits per heavy atom. The topological polar surface area (TPSA) is 3.24 Å². The van der Waals surface area contributed by atoms with E-state index < -0.39 is 0 Å². The van der Waals surface area contributed by atoms with E-state index in [0.717, 1.165) is 34.8 Å². The van der Waals surface area contributed by atoms with E-state index in [0.29, 0.717) is 5.41 Å². The molecule has 4 saturated carbocycles. The number of nitrogens with zero attached hydrogens (tertiary/aromatic N) is 1. The van der Waals surface area contributed by atoms with Gasteiger partial charge in [0, 0.05) is 17.1 Å². The number of rotatable bonds is 6. The van der Waals surface area contributed by atoms with Crippen molar-refractivity contribution in [2.75, 3.05) is 4.90 Å². The second kappa shape index (κ2) is 10.3. The maximum atomic E-state index is 13.9. The van der Waals surface area contributed by atoms with E-state index in [1.54, 1.807) is 5.56 Å². The fraction of sp³-hybridized carbons (Fsp3) is 0.250. The largest absolute Gasteiger partial charge is 0.311 e. The lowest BCUT2D eigenvalue weighted by molar-refractivity contribution is -0.00518. The van der Waals surface area contributed by atoms with Gasteiger partial charge in [0.05, 0.1) is 0 Å². The highest BCUT2D eigenvalue weighted by atomic mass is 19.1. The predicted molar refractivity (Wildman–Crippen MR) is 172 cm³/mol. The average molecular weight is 550 g/mol. The molecule has 0 aromatic heterocycles. The van der Waals surface area contributed by atoms with Gasteiger partial charge in [-0.1, -0.05) is 78.9 Å². The smallest absolute Gasteiger partial charge is 0.123 e. The Morgan fingerprint density at radius 3 is 1.29 bits per heavy atom. The molecule has 4 bridgehead atoms. The Labute approximate surface area is 248 Å². The van der Waals surface area contributed by atoms with Crippen molar-refractivity contribution in [1.82, 2.24) is 0 Å². The van der Waals surface area contributed by atoms with Gasteiger partial charge in [-0.3, -0.25) is 0 Å². The molecule has 0 spiro atoms. The first-order valence-electron chi connectivity index (χ1n) is 15.5. The van der Waals surface area contributed by atoms with Crippen LogP contribution in [0.1, 0.15) is 44.1 Å².